The summed E-state index contributed by atoms with van der Waals surface area (Å²) in [6.45, 7) is 6.41. The number of ketones is 1. The summed E-state index contributed by atoms with van der Waals surface area (Å²) in [4.78, 5) is 33.6. The second-order valence-corrected chi connectivity index (χ2v) is 10.7. The van der Waals surface area contributed by atoms with E-state index in [1.165, 1.54) is 50.8 Å². The first kappa shape index (κ1) is 26.6. The van der Waals surface area contributed by atoms with Gasteiger partial charge in [0.05, 0.1) is 29.6 Å². The molecule has 0 bridgehead atoms. The smallest absolute Gasteiger partial charge is 0.166 e. The molecule has 2 heterocycles. The van der Waals surface area contributed by atoms with Crippen molar-refractivity contribution in [3.63, 3.8) is 0 Å². The largest absolute Gasteiger partial charge is 0.494 e. The van der Waals surface area contributed by atoms with Crippen LogP contribution in [-0.4, -0.2) is 47.5 Å². The lowest BCUT2D eigenvalue weighted by molar-refractivity contribution is -0.106. The number of benzene rings is 1. The Labute approximate surface area is 197 Å². The summed E-state index contributed by atoms with van der Waals surface area (Å²) in [5.74, 6) is -0.0272. The van der Waals surface area contributed by atoms with Crippen LogP contribution in [0.3, 0.4) is 0 Å². The van der Waals surface area contributed by atoms with Crippen molar-refractivity contribution in [2.75, 3.05) is 31.5 Å². The van der Waals surface area contributed by atoms with Crippen molar-refractivity contribution in [1.29, 1.82) is 0 Å². The highest BCUT2D eigenvalue weighted by Gasteiger charge is 2.20. The number of hydrogen-bond donors (Lipinski definition) is 2. The number of aldehydes is 1. The molecule has 0 aliphatic carbocycles. The molecule has 0 radical (unpaired) electrons. The van der Waals surface area contributed by atoms with Gasteiger partial charge < -0.3 is 25.1 Å². The summed E-state index contributed by atoms with van der Waals surface area (Å²) >= 11 is 0. The van der Waals surface area contributed by atoms with Crippen molar-refractivity contribution in [3.8, 4) is 17.1 Å². The van der Waals surface area contributed by atoms with Gasteiger partial charge in [0.1, 0.15) is 25.1 Å². The molecule has 0 aliphatic rings. The molecule has 0 saturated carbocycles. The van der Waals surface area contributed by atoms with Gasteiger partial charge in [0.25, 0.3) is 0 Å². The van der Waals surface area contributed by atoms with Crippen LogP contribution in [0.2, 0.25) is 0 Å². The van der Waals surface area contributed by atoms with Crippen LogP contribution in [0.5, 0.6) is 5.75 Å². The van der Waals surface area contributed by atoms with E-state index in [2.05, 4.69) is 20.3 Å². The van der Waals surface area contributed by atoms with Gasteiger partial charge in [0, 0.05) is 42.4 Å². The van der Waals surface area contributed by atoms with E-state index in [-0.39, 0.29) is 35.3 Å². The summed E-state index contributed by atoms with van der Waals surface area (Å²) in [6.07, 6.45) is 5.32. The predicted molar refractivity (Wildman–Crippen MR) is 131 cm³/mol. The zero-order valence-corrected chi connectivity index (χ0v) is 20.5. The lowest BCUT2D eigenvalue weighted by Crippen LogP contribution is -2.08. The Bertz CT molecular complexity index is 1230. The second-order valence-electron chi connectivity index (χ2n) is 7.44. The van der Waals surface area contributed by atoms with E-state index >= 15 is 0 Å². The molecule has 2 aromatic heterocycles. The summed E-state index contributed by atoms with van der Waals surface area (Å²) in [7, 11) is -1.10. The number of aromatic nitrogens is 3. The lowest BCUT2D eigenvalue weighted by atomic mass is 10.1. The van der Waals surface area contributed by atoms with Crippen LogP contribution < -0.4 is 21.1 Å². The SMILES string of the molecule is CC=O.CCC(=O)c1cnc(N)cc1Nc1cc(F)cc(-c2ncc(P(C)(C)=O)cn2)c1OC. The predicted octanol–water partition coefficient (Wildman–Crippen LogP) is 4.06. The Morgan fingerprint density at radius 3 is 2.29 bits per heavy atom. The highest BCUT2D eigenvalue weighted by Crippen LogP contribution is 2.39. The Hall–Kier alpha value is -3.65. The first-order chi connectivity index (χ1) is 16.0. The fourth-order valence-electron chi connectivity index (χ4n) is 2.94. The van der Waals surface area contributed by atoms with Gasteiger partial charge in [-0.3, -0.25) is 4.79 Å². The maximum absolute atomic E-state index is 14.5. The van der Waals surface area contributed by atoms with E-state index in [4.69, 9.17) is 15.3 Å². The molecule has 3 N–H and O–H groups in total. The normalized spacial score (nSPS) is 10.6. The number of halogens is 1. The molecule has 180 valence electrons. The fourth-order valence-corrected chi connectivity index (χ4v) is 3.62. The van der Waals surface area contributed by atoms with Crippen LogP contribution in [0.1, 0.15) is 30.6 Å². The monoisotopic (exact) mass is 487 g/mol. The van der Waals surface area contributed by atoms with Crippen molar-refractivity contribution in [1.82, 2.24) is 15.0 Å². The van der Waals surface area contributed by atoms with Crippen molar-refractivity contribution >= 4 is 41.7 Å². The molecular formula is C23H27FN5O4P. The van der Waals surface area contributed by atoms with Crippen molar-refractivity contribution in [2.24, 2.45) is 0 Å². The molecule has 34 heavy (non-hydrogen) atoms. The van der Waals surface area contributed by atoms with Crippen LogP contribution in [0.25, 0.3) is 11.4 Å². The number of nitrogen functional groups attached to an aromatic ring is 1. The number of Topliss-reactive ketones (excluding diaryl/α,β-unsaturated/α-hetero) is 1. The number of methoxy groups -OCH3 is 1. The van der Waals surface area contributed by atoms with Gasteiger partial charge in [-0.05, 0) is 26.3 Å². The zero-order chi connectivity index (χ0) is 25.5. The summed E-state index contributed by atoms with van der Waals surface area (Å²) in [5, 5.41) is 3.54. The summed E-state index contributed by atoms with van der Waals surface area (Å²) in [6, 6.07) is 3.98. The third-order valence-corrected chi connectivity index (χ3v) is 6.05. The number of carbonyl (C=O) groups is 2. The molecule has 0 saturated heterocycles. The Morgan fingerprint density at radius 2 is 1.76 bits per heavy atom. The summed E-state index contributed by atoms with van der Waals surface area (Å²) in [5.41, 5.74) is 7.04. The van der Waals surface area contributed by atoms with Crippen molar-refractivity contribution in [3.05, 3.63) is 48.2 Å². The van der Waals surface area contributed by atoms with Crippen molar-refractivity contribution in [2.45, 2.75) is 20.3 Å². The number of carbonyl (C=O) groups excluding carboxylic acids is 2. The van der Waals surface area contributed by atoms with Gasteiger partial charge in [-0.25, -0.2) is 19.3 Å². The number of anilines is 3. The van der Waals surface area contributed by atoms with Crippen LogP contribution in [0.4, 0.5) is 21.6 Å². The number of nitrogens with one attached hydrogen (secondary N) is 1. The minimum absolute atomic E-state index is 0.145. The number of nitrogens with two attached hydrogens (primary N) is 1. The number of hydrogen-bond acceptors (Lipinski definition) is 9. The first-order valence-electron chi connectivity index (χ1n) is 10.3. The molecule has 3 aromatic rings. The Kier molecular flexibility index (Phi) is 8.97. The standard InChI is InChI=1S/C21H23FN5O3P.C2H4O/c1-5-18(28)15-11-24-19(23)8-16(15)27-17-7-12(22)6-14(20(17)30-2)21-25-9-13(10-26-21)31(3,4)29;1-2-3/h6-11H,5H2,1-4H3,(H3,23,24,27);2H,1H3. The quantitative estimate of drug-likeness (QED) is 0.287. The van der Waals surface area contributed by atoms with E-state index in [9.17, 15) is 13.8 Å². The average Bonchev–Trinajstić information content (AvgIpc) is 2.78. The highest BCUT2D eigenvalue weighted by molar-refractivity contribution is 7.70. The lowest BCUT2D eigenvalue weighted by Gasteiger charge is -2.17. The minimum Gasteiger partial charge on any atom is -0.494 e. The Morgan fingerprint density at radius 1 is 1.15 bits per heavy atom. The van der Waals surface area contributed by atoms with Crippen LogP contribution in [0.15, 0.2) is 36.8 Å². The topological polar surface area (TPSA) is 137 Å². The van der Waals surface area contributed by atoms with Crippen molar-refractivity contribution < 1.29 is 23.3 Å². The van der Waals surface area contributed by atoms with Gasteiger partial charge >= 0.3 is 0 Å². The molecule has 11 heteroatoms. The highest BCUT2D eigenvalue weighted by atomic mass is 31.2. The molecule has 0 aliphatic heterocycles. The first-order valence-corrected chi connectivity index (χ1v) is 12.9. The molecule has 0 spiro atoms. The summed E-state index contributed by atoms with van der Waals surface area (Å²) < 4.78 is 32.2. The van der Waals surface area contributed by atoms with E-state index < -0.39 is 13.0 Å². The van der Waals surface area contributed by atoms with Gasteiger partial charge in [-0.15, -0.1) is 0 Å². The third kappa shape index (κ3) is 6.45. The number of rotatable bonds is 7. The number of pyridine rings is 1. The van der Waals surface area contributed by atoms with Gasteiger partial charge in [0.2, 0.25) is 0 Å². The molecule has 3 rings (SSSR count). The maximum Gasteiger partial charge on any atom is 0.166 e. The minimum atomic E-state index is -2.53. The van der Waals surface area contributed by atoms with Crippen LogP contribution in [-0.2, 0) is 9.36 Å². The van der Waals surface area contributed by atoms with E-state index in [0.29, 0.717) is 22.1 Å². The third-order valence-electron chi connectivity index (χ3n) is 4.57. The van der Waals surface area contributed by atoms with E-state index in [0.717, 1.165) is 6.29 Å². The van der Waals surface area contributed by atoms with Gasteiger partial charge in [-0.1, -0.05) is 6.92 Å². The molecule has 9 nitrogen and oxygen atoms in total. The van der Waals surface area contributed by atoms with E-state index in [1.54, 1.807) is 20.3 Å². The molecular weight excluding hydrogens is 460 g/mol. The molecule has 0 atom stereocenters. The van der Waals surface area contributed by atoms with Crippen LogP contribution >= 0.6 is 7.14 Å². The fraction of sp³-hybridized carbons (Fsp3) is 0.261. The van der Waals surface area contributed by atoms with Crippen LogP contribution in [0, 0.1) is 5.82 Å². The van der Waals surface area contributed by atoms with Gasteiger partial charge in [-0.2, -0.15) is 0 Å². The number of ether oxygens (including phenoxy) is 1. The molecule has 0 amide bonds. The number of nitrogens with zero attached hydrogens (tertiary/aromatic N) is 3. The average molecular weight is 487 g/mol. The second kappa shape index (κ2) is 11.5. The molecule has 0 unspecified atom stereocenters. The molecule has 0 fully saturated rings. The Balaban J connectivity index is 0.00000129. The zero-order valence-electron chi connectivity index (χ0n) is 19.6. The van der Waals surface area contributed by atoms with E-state index in [1.807, 2.05) is 0 Å². The molecule has 1 aromatic carbocycles. The van der Waals surface area contributed by atoms with Gasteiger partial charge in [0.15, 0.2) is 17.4 Å². The maximum atomic E-state index is 14.5.